The molecule has 1 N–H and O–H groups in total. The van der Waals surface area contributed by atoms with Crippen LogP contribution in [0.15, 0.2) is 36.4 Å². The lowest BCUT2D eigenvalue weighted by Crippen LogP contribution is -2.48. The number of aryl methyl sites for hydroxylation is 2. The Bertz CT molecular complexity index is 1280. The normalized spacial score (nSPS) is 16.0. The minimum atomic E-state index is -0.476. The van der Waals surface area contributed by atoms with Gasteiger partial charge in [0.2, 0.25) is 12.7 Å². The lowest BCUT2D eigenvalue weighted by molar-refractivity contribution is -0.117. The SMILES string of the molecule is COC(=O)c1c(NC(=O)CN2CCN(Cc3ccc4c(c3)OCO4)CC2)c2c(C)cccc2n1C. The van der Waals surface area contributed by atoms with Crippen LogP contribution in [0.4, 0.5) is 5.69 Å². The van der Waals surface area contributed by atoms with Crippen LogP contribution in [-0.4, -0.2) is 72.9 Å². The van der Waals surface area contributed by atoms with Crippen molar-refractivity contribution in [3.63, 3.8) is 0 Å². The van der Waals surface area contributed by atoms with Crippen molar-refractivity contribution in [2.45, 2.75) is 13.5 Å². The van der Waals surface area contributed by atoms with Crippen LogP contribution in [-0.2, 0) is 23.1 Å². The van der Waals surface area contributed by atoms with E-state index < -0.39 is 5.97 Å². The van der Waals surface area contributed by atoms with Gasteiger partial charge in [-0.3, -0.25) is 14.6 Å². The summed E-state index contributed by atoms with van der Waals surface area (Å²) in [4.78, 5) is 30.1. The van der Waals surface area contributed by atoms with E-state index in [2.05, 4.69) is 21.2 Å². The van der Waals surface area contributed by atoms with Gasteiger partial charge in [0.05, 0.1) is 24.9 Å². The number of fused-ring (bicyclic) bond motifs is 2. The van der Waals surface area contributed by atoms with Crippen molar-refractivity contribution in [3.05, 3.63) is 53.2 Å². The third-order valence-corrected chi connectivity index (χ3v) is 6.75. The fourth-order valence-corrected chi connectivity index (χ4v) is 4.91. The summed E-state index contributed by atoms with van der Waals surface area (Å²) >= 11 is 0. The number of ether oxygens (including phenoxy) is 3. The van der Waals surface area contributed by atoms with E-state index in [0.717, 1.165) is 60.7 Å². The number of amides is 1. The molecule has 2 aromatic carbocycles. The summed E-state index contributed by atoms with van der Waals surface area (Å²) in [6, 6.07) is 11.9. The number of rotatable bonds is 6. The zero-order valence-electron chi connectivity index (χ0n) is 20.3. The molecule has 0 aliphatic carbocycles. The maximum Gasteiger partial charge on any atom is 0.356 e. The predicted molar refractivity (Wildman–Crippen MR) is 132 cm³/mol. The van der Waals surface area contributed by atoms with Gasteiger partial charge >= 0.3 is 5.97 Å². The Morgan fingerprint density at radius 1 is 1.03 bits per heavy atom. The van der Waals surface area contributed by atoms with E-state index in [1.807, 2.05) is 44.3 Å². The Hall–Kier alpha value is -3.56. The van der Waals surface area contributed by atoms with Crippen molar-refractivity contribution in [1.82, 2.24) is 14.4 Å². The number of anilines is 1. The first-order chi connectivity index (χ1) is 16.9. The van der Waals surface area contributed by atoms with Crippen LogP contribution in [0.5, 0.6) is 11.5 Å². The number of nitrogens with zero attached hydrogens (tertiary/aromatic N) is 3. The second kappa shape index (κ2) is 9.59. The molecule has 9 nitrogen and oxygen atoms in total. The van der Waals surface area contributed by atoms with E-state index in [1.54, 1.807) is 4.57 Å². The second-order valence-electron chi connectivity index (χ2n) is 9.03. The van der Waals surface area contributed by atoms with Crippen molar-refractivity contribution in [2.75, 3.05) is 51.9 Å². The van der Waals surface area contributed by atoms with Crippen molar-refractivity contribution in [3.8, 4) is 11.5 Å². The number of nitrogens with one attached hydrogen (secondary N) is 1. The van der Waals surface area contributed by atoms with Crippen molar-refractivity contribution >= 4 is 28.5 Å². The van der Waals surface area contributed by atoms with Gasteiger partial charge in [-0.15, -0.1) is 0 Å². The minimum Gasteiger partial charge on any atom is -0.464 e. The monoisotopic (exact) mass is 478 g/mol. The first kappa shape index (κ1) is 23.2. The molecule has 0 atom stereocenters. The van der Waals surface area contributed by atoms with Crippen LogP contribution >= 0.6 is 0 Å². The van der Waals surface area contributed by atoms with Crippen LogP contribution in [0.2, 0.25) is 0 Å². The Kier molecular flexibility index (Phi) is 6.36. The molecule has 0 radical (unpaired) electrons. The molecule has 0 bridgehead atoms. The standard InChI is InChI=1S/C26H30N4O5/c1-17-5-4-6-19-23(17)24(25(28(19)2)26(32)33-3)27-22(31)15-30-11-9-29(10-12-30)14-18-7-8-20-21(13-18)35-16-34-20/h4-8,13H,9-12,14-16H2,1-3H3,(H,27,31). The highest BCUT2D eigenvalue weighted by Gasteiger charge is 2.26. The van der Waals surface area contributed by atoms with Gasteiger partial charge in [-0.25, -0.2) is 4.79 Å². The Labute approximate surface area is 204 Å². The molecule has 1 fully saturated rings. The van der Waals surface area contributed by atoms with E-state index in [-0.39, 0.29) is 19.2 Å². The van der Waals surface area contributed by atoms with Gasteiger partial charge in [0, 0.05) is 45.2 Å². The zero-order valence-corrected chi connectivity index (χ0v) is 20.3. The van der Waals surface area contributed by atoms with Gasteiger partial charge in [0.1, 0.15) is 0 Å². The summed E-state index contributed by atoms with van der Waals surface area (Å²) in [5, 5.41) is 3.87. The summed E-state index contributed by atoms with van der Waals surface area (Å²) in [6.07, 6.45) is 0. The van der Waals surface area contributed by atoms with Crippen molar-refractivity contribution < 1.29 is 23.8 Å². The molecule has 3 heterocycles. The molecule has 0 saturated carbocycles. The number of carbonyl (C=O) groups excluding carboxylic acids is 2. The van der Waals surface area contributed by atoms with E-state index >= 15 is 0 Å². The number of hydrogen-bond acceptors (Lipinski definition) is 7. The highest BCUT2D eigenvalue weighted by Crippen LogP contribution is 2.34. The fraction of sp³-hybridized carbons (Fsp3) is 0.385. The number of benzene rings is 2. The summed E-state index contributed by atoms with van der Waals surface area (Å²) < 4.78 is 17.6. The number of hydrogen-bond donors (Lipinski definition) is 1. The van der Waals surface area contributed by atoms with Crippen LogP contribution in [0.1, 0.15) is 21.6 Å². The molecule has 1 amide bonds. The molecule has 0 unspecified atom stereocenters. The second-order valence-corrected chi connectivity index (χ2v) is 9.03. The smallest absolute Gasteiger partial charge is 0.356 e. The Balaban J connectivity index is 1.22. The van der Waals surface area contributed by atoms with Crippen LogP contribution in [0.3, 0.4) is 0 Å². The minimum absolute atomic E-state index is 0.143. The molecule has 5 rings (SSSR count). The first-order valence-electron chi connectivity index (χ1n) is 11.7. The molecular formula is C26H30N4O5. The molecule has 35 heavy (non-hydrogen) atoms. The average molecular weight is 479 g/mol. The topological polar surface area (TPSA) is 85.3 Å². The molecule has 1 saturated heterocycles. The third kappa shape index (κ3) is 4.56. The van der Waals surface area contributed by atoms with Crippen molar-refractivity contribution in [1.29, 1.82) is 0 Å². The highest BCUT2D eigenvalue weighted by atomic mass is 16.7. The molecular weight excluding hydrogens is 448 g/mol. The number of methoxy groups -OCH3 is 1. The Morgan fingerprint density at radius 3 is 2.54 bits per heavy atom. The summed E-state index contributed by atoms with van der Waals surface area (Å²) in [7, 11) is 3.16. The highest BCUT2D eigenvalue weighted by molar-refractivity contribution is 6.12. The molecule has 3 aromatic rings. The van der Waals surface area contributed by atoms with E-state index in [1.165, 1.54) is 12.7 Å². The quantitative estimate of drug-likeness (QED) is 0.546. The van der Waals surface area contributed by atoms with Gasteiger partial charge in [0.15, 0.2) is 17.2 Å². The lowest BCUT2D eigenvalue weighted by Gasteiger charge is -2.34. The molecule has 1 aromatic heterocycles. The van der Waals surface area contributed by atoms with E-state index in [9.17, 15) is 9.59 Å². The van der Waals surface area contributed by atoms with Crippen LogP contribution in [0, 0.1) is 6.92 Å². The molecule has 184 valence electrons. The summed E-state index contributed by atoms with van der Waals surface area (Å²) in [6.45, 7) is 6.64. The average Bonchev–Trinajstić information content (AvgIpc) is 3.43. The molecule has 2 aliphatic heterocycles. The number of piperazine rings is 1. The summed E-state index contributed by atoms with van der Waals surface area (Å²) in [5.74, 6) is 0.972. The molecule has 0 spiro atoms. The number of esters is 1. The summed E-state index contributed by atoms with van der Waals surface area (Å²) in [5.41, 5.74) is 3.90. The van der Waals surface area contributed by atoms with Gasteiger partial charge in [-0.2, -0.15) is 0 Å². The van der Waals surface area contributed by atoms with Crippen LogP contribution in [0.25, 0.3) is 10.9 Å². The van der Waals surface area contributed by atoms with Crippen molar-refractivity contribution in [2.24, 2.45) is 7.05 Å². The molecule has 9 heteroatoms. The third-order valence-electron chi connectivity index (χ3n) is 6.75. The molecule has 2 aliphatic rings. The van der Waals surface area contributed by atoms with Crippen LogP contribution < -0.4 is 14.8 Å². The Morgan fingerprint density at radius 2 is 1.77 bits per heavy atom. The predicted octanol–water partition coefficient (Wildman–Crippen LogP) is 2.76. The largest absolute Gasteiger partial charge is 0.464 e. The lowest BCUT2D eigenvalue weighted by atomic mass is 10.1. The maximum absolute atomic E-state index is 13.0. The zero-order chi connectivity index (χ0) is 24.5. The number of carbonyl (C=O) groups is 2. The maximum atomic E-state index is 13.0. The number of aromatic nitrogens is 1. The van der Waals surface area contributed by atoms with Gasteiger partial charge in [-0.1, -0.05) is 18.2 Å². The van der Waals surface area contributed by atoms with Gasteiger partial charge in [-0.05, 0) is 36.2 Å². The van der Waals surface area contributed by atoms with E-state index in [0.29, 0.717) is 11.4 Å². The van der Waals surface area contributed by atoms with Gasteiger partial charge < -0.3 is 24.1 Å². The first-order valence-corrected chi connectivity index (χ1v) is 11.7. The van der Waals surface area contributed by atoms with E-state index in [4.69, 9.17) is 14.2 Å². The fourth-order valence-electron chi connectivity index (χ4n) is 4.91. The van der Waals surface area contributed by atoms with Gasteiger partial charge in [0.25, 0.3) is 0 Å².